The fourth-order valence-corrected chi connectivity index (χ4v) is 2.00. The van der Waals surface area contributed by atoms with Gasteiger partial charge in [0, 0.05) is 6.42 Å². The second-order valence-electron chi connectivity index (χ2n) is 3.93. The van der Waals surface area contributed by atoms with Crippen LogP contribution >= 0.6 is 7.60 Å². The summed E-state index contributed by atoms with van der Waals surface area (Å²) in [5.41, 5.74) is 5.98. The zero-order chi connectivity index (χ0) is 13.8. The van der Waals surface area contributed by atoms with Gasteiger partial charge in [-0.2, -0.15) is 0 Å². The van der Waals surface area contributed by atoms with Gasteiger partial charge in [-0.15, -0.1) is 0 Å². The molecule has 100 valence electrons. The van der Waals surface area contributed by atoms with Crippen molar-refractivity contribution in [1.29, 1.82) is 0 Å². The van der Waals surface area contributed by atoms with E-state index in [9.17, 15) is 14.3 Å². The van der Waals surface area contributed by atoms with Gasteiger partial charge in [0.25, 0.3) is 0 Å². The van der Waals surface area contributed by atoms with Gasteiger partial charge in [0.05, 0.1) is 0 Å². The molecule has 6 nitrogen and oxygen atoms in total. The maximum atomic E-state index is 11.6. The third-order valence-corrected chi connectivity index (χ3v) is 3.92. The Bertz CT molecular complexity index is 448. The topological polar surface area (TPSA) is 110 Å². The predicted octanol–water partition coefficient (Wildman–Crippen LogP) is 1.19. The van der Waals surface area contributed by atoms with Crippen LogP contribution in [0.1, 0.15) is 12.5 Å². The summed E-state index contributed by atoms with van der Waals surface area (Å²) in [5, 5.41) is 8.98. The summed E-state index contributed by atoms with van der Waals surface area (Å²) < 4.78 is 16.3. The molecule has 18 heavy (non-hydrogen) atoms. The zero-order valence-electron chi connectivity index (χ0n) is 9.89. The fourth-order valence-electron chi connectivity index (χ4n) is 1.28. The Balaban J connectivity index is 2.79. The van der Waals surface area contributed by atoms with Crippen LogP contribution in [-0.4, -0.2) is 27.9 Å². The minimum atomic E-state index is -4.11. The lowest BCUT2D eigenvalue weighted by Crippen LogP contribution is -2.28. The van der Waals surface area contributed by atoms with Gasteiger partial charge >= 0.3 is 13.6 Å². The Labute approximate surface area is 105 Å². The summed E-state index contributed by atoms with van der Waals surface area (Å²) in [7, 11) is -4.11. The van der Waals surface area contributed by atoms with Crippen LogP contribution in [0, 0.1) is 0 Å². The molecule has 7 heteroatoms. The minimum Gasteiger partial charge on any atom is -0.479 e. The largest absolute Gasteiger partial charge is 0.479 e. The molecule has 0 saturated heterocycles. The molecule has 0 saturated carbocycles. The van der Waals surface area contributed by atoms with Crippen LogP contribution in [0.25, 0.3) is 0 Å². The lowest BCUT2D eigenvalue weighted by Gasteiger charge is -2.20. The highest BCUT2D eigenvalue weighted by molar-refractivity contribution is 7.53. The highest BCUT2D eigenvalue weighted by Crippen LogP contribution is 2.46. The van der Waals surface area contributed by atoms with E-state index < -0.39 is 25.5 Å². The standard InChI is InChI=1S/C11H16NO5P/c1-8(12)18(15,16)17-10(11(13)14)7-9-5-3-2-4-6-9/h2-6,8,10H,7,12H2,1H3,(H,13,14)(H,15,16)/t8-,10-/m1/s1. The monoisotopic (exact) mass is 273 g/mol. The molecule has 1 rings (SSSR count). The Morgan fingerprint density at radius 3 is 2.44 bits per heavy atom. The molecule has 0 amide bonds. The Morgan fingerprint density at radius 2 is 2.00 bits per heavy atom. The van der Waals surface area contributed by atoms with E-state index in [-0.39, 0.29) is 6.42 Å². The maximum absolute atomic E-state index is 11.6. The van der Waals surface area contributed by atoms with Crippen molar-refractivity contribution in [3.8, 4) is 0 Å². The molecule has 4 N–H and O–H groups in total. The van der Waals surface area contributed by atoms with E-state index in [1.807, 2.05) is 0 Å². The second-order valence-corrected chi connectivity index (χ2v) is 6.08. The van der Waals surface area contributed by atoms with Crippen molar-refractivity contribution in [3.63, 3.8) is 0 Å². The van der Waals surface area contributed by atoms with E-state index in [2.05, 4.69) is 0 Å². The Kier molecular flexibility index (Phi) is 5.04. The number of carbonyl (C=O) groups is 1. The van der Waals surface area contributed by atoms with Gasteiger partial charge in [0.2, 0.25) is 0 Å². The summed E-state index contributed by atoms with van der Waals surface area (Å²) >= 11 is 0. The first-order chi connectivity index (χ1) is 8.33. The number of carboxylic acid groups (broad SMARTS) is 1. The van der Waals surface area contributed by atoms with Gasteiger partial charge in [0.15, 0.2) is 6.10 Å². The molecule has 1 aromatic carbocycles. The van der Waals surface area contributed by atoms with Crippen LogP contribution in [0.2, 0.25) is 0 Å². The van der Waals surface area contributed by atoms with Crippen LogP contribution in [0.15, 0.2) is 30.3 Å². The normalized spacial score (nSPS) is 17.7. The summed E-state index contributed by atoms with van der Waals surface area (Å²) in [6.45, 7) is 1.29. The molecule has 0 spiro atoms. The minimum absolute atomic E-state index is 0.00738. The number of hydrogen-bond donors (Lipinski definition) is 3. The van der Waals surface area contributed by atoms with Gasteiger partial charge in [-0.1, -0.05) is 30.3 Å². The number of carboxylic acids is 1. The number of aliphatic carboxylic acids is 1. The molecule has 0 fully saturated rings. The van der Waals surface area contributed by atoms with Gasteiger partial charge < -0.3 is 15.7 Å². The fraction of sp³-hybridized carbons (Fsp3) is 0.364. The third kappa shape index (κ3) is 4.23. The van der Waals surface area contributed by atoms with Crippen molar-refractivity contribution in [1.82, 2.24) is 0 Å². The summed E-state index contributed by atoms with van der Waals surface area (Å²) in [4.78, 5) is 20.4. The summed E-state index contributed by atoms with van der Waals surface area (Å²) in [6, 6.07) is 8.72. The van der Waals surface area contributed by atoms with E-state index in [1.165, 1.54) is 6.92 Å². The van der Waals surface area contributed by atoms with Gasteiger partial charge in [0.1, 0.15) is 5.78 Å². The molecule has 0 aliphatic heterocycles. The molecule has 0 radical (unpaired) electrons. The molecular weight excluding hydrogens is 257 g/mol. The average Bonchev–Trinajstić information content (AvgIpc) is 2.29. The van der Waals surface area contributed by atoms with Gasteiger partial charge in [-0.3, -0.25) is 9.09 Å². The molecule has 1 unspecified atom stereocenters. The first-order valence-electron chi connectivity index (χ1n) is 5.36. The number of hydrogen-bond acceptors (Lipinski definition) is 4. The van der Waals surface area contributed by atoms with Gasteiger partial charge in [-0.25, -0.2) is 4.79 Å². The van der Waals surface area contributed by atoms with Crippen molar-refractivity contribution in [2.24, 2.45) is 5.73 Å². The number of benzene rings is 1. The van der Waals surface area contributed by atoms with Crippen molar-refractivity contribution < 1.29 is 23.9 Å². The summed E-state index contributed by atoms with van der Waals surface area (Å²) in [6.07, 6.45) is -1.39. The highest BCUT2D eigenvalue weighted by atomic mass is 31.2. The van der Waals surface area contributed by atoms with Crippen molar-refractivity contribution in [2.75, 3.05) is 0 Å². The van der Waals surface area contributed by atoms with Crippen LogP contribution in [0.3, 0.4) is 0 Å². The second kappa shape index (κ2) is 6.11. The van der Waals surface area contributed by atoms with E-state index in [4.69, 9.17) is 15.4 Å². The first-order valence-corrected chi connectivity index (χ1v) is 7.01. The SMILES string of the molecule is C[C@H](N)P(=O)(O)O[C@H](Cc1ccccc1)C(=O)O. The van der Waals surface area contributed by atoms with Crippen LogP contribution in [0.5, 0.6) is 0 Å². The highest BCUT2D eigenvalue weighted by Gasteiger charge is 2.32. The van der Waals surface area contributed by atoms with Crippen LogP contribution in [-0.2, 0) is 20.3 Å². The number of rotatable bonds is 6. The Morgan fingerprint density at radius 1 is 1.44 bits per heavy atom. The Hall–Kier alpha value is -1.20. The number of nitrogens with two attached hydrogens (primary N) is 1. The lowest BCUT2D eigenvalue weighted by molar-refractivity contribution is -0.145. The van der Waals surface area contributed by atoms with E-state index in [0.717, 1.165) is 0 Å². The third-order valence-electron chi connectivity index (χ3n) is 2.33. The molecule has 0 aliphatic rings. The van der Waals surface area contributed by atoms with Crippen LogP contribution in [0.4, 0.5) is 0 Å². The van der Waals surface area contributed by atoms with Crippen molar-refractivity contribution in [3.05, 3.63) is 35.9 Å². The average molecular weight is 273 g/mol. The molecule has 0 heterocycles. The van der Waals surface area contributed by atoms with Crippen molar-refractivity contribution in [2.45, 2.75) is 25.2 Å². The zero-order valence-corrected chi connectivity index (χ0v) is 10.8. The van der Waals surface area contributed by atoms with Crippen LogP contribution < -0.4 is 5.73 Å². The molecule has 0 aromatic heterocycles. The molecule has 0 aliphatic carbocycles. The quantitative estimate of drug-likeness (QED) is 0.671. The predicted molar refractivity (Wildman–Crippen MR) is 66.1 cm³/mol. The van der Waals surface area contributed by atoms with E-state index >= 15 is 0 Å². The lowest BCUT2D eigenvalue weighted by atomic mass is 10.1. The van der Waals surface area contributed by atoms with Crippen molar-refractivity contribution >= 4 is 13.6 Å². The molecule has 3 atom stereocenters. The molecule has 0 bridgehead atoms. The summed E-state index contributed by atoms with van der Waals surface area (Å²) in [5.74, 6) is -2.43. The maximum Gasteiger partial charge on any atom is 0.345 e. The van der Waals surface area contributed by atoms with E-state index in [1.54, 1.807) is 30.3 Å². The van der Waals surface area contributed by atoms with E-state index in [0.29, 0.717) is 5.56 Å². The smallest absolute Gasteiger partial charge is 0.345 e. The first kappa shape index (κ1) is 14.9. The molecular formula is C11H16NO5P. The van der Waals surface area contributed by atoms with Gasteiger partial charge in [-0.05, 0) is 12.5 Å². The molecule has 1 aromatic rings.